The molecule has 0 aliphatic heterocycles. The number of hydrogen-bond acceptors (Lipinski definition) is 6. The predicted octanol–water partition coefficient (Wildman–Crippen LogP) is 2.47. The first-order valence-electron chi connectivity index (χ1n) is 7.80. The van der Waals surface area contributed by atoms with Crippen LogP contribution in [0.5, 0.6) is 5.88 Å². The summed E-state index contributed by atoms with van der Waals surface area (Å²) >= 11 is 0. The van der Waals surface area contributed by atoms with Crippen LogP contribution in [0.15, 0.2) is 6.33 Å². The van der Waals surface area contributed by atoms with Crippen molar-refractivity contribution in [1.82, 2.24) is 19.5 Å². The van der Waals surface area contributed by atoms with Crippen LogP contribution >= 0.6 is 0 Å². The Morgan fingerprint density at radius 3 is 2.71 bits per heavy atom. The number of hydrogen-bond donors (Lipinski definition) is 1. The monoisotopic (exact) mass is 330 g/mol. The number of imidazole rings is 1. The highest BCUT2D eigenvalue weighted by Crippen LogP contribution is 2.27. The fourth-order valence-electron chi connectivity index (χ4n) is 1.97. The van der Waals surface area contributed by atoms with E-state index in [0.717, 1.165) is 0 Å². The summed E-state index contributed by atoms with van der Waals surface area (Å²) in [6.07, 6.45) is 1.91. The molecule has 1 amide bonds. The molecule has 8 nitrogen and oxygen atoms in total. The maximum absolute atomic E-state index is 11.9. The van der Waals surface area contributed by atoms with Crippen LogP contribution in [-0.4, -0.2) is 32.0 Å². The summed E-state index contributed by atoms with van der Waals surface area (Å²) in [5.41, 5.74) is 0.834. The molecule has 24 heavy (non-hydrogen) atoms. The van der Waals surface area contributed by atoms with E-state index < -0.39 is 0 Å². The van der Waals surface area contributed by atoms with E-state index in [1.807, 2.05) is 31.4 Å². The van der Waals surface area contributed by atoms with Gasteiger partial charge in [0.05, 0.1) is 18.8 Å². The maximum Gasteiger partial charge on any atom is 0.247 e. The molecule has 0 spiro atoms. The van der Waals surface area contributed by atoms with Crippen molar-refractivity contribution < 1.29 is 9.53 Å². The molecular weight excluding hydrogens is 308 g/mol. The normalized spacial score (nSPS) is 11.5. The van der Waals surface area contributed by atoms with Crippen LogP contribution in [0.2, 0.25) is 0 Å². The largest absolute Gasteiger partial charge is 0.475 e. The zero-order valence-electron chi connectivity index (χ0n) is 14.6. The molecule has 1 N–H and O–H groups in total. The molecule has 0 atom stereocenters. The first-order chi connectivity index (χ1) is 11.2. The standard InChI is InChI=1S/C16H22N6O2/c1-10(2)13(23)20-15-19-12-11(14(21-15)24-8-6-7-17)18-9-22(12)16(3,4)5/h9-10H,6,8H2,1-5H3,(H,19,20,21,23). The molecule has 8 heteroatoms. The molecule has 128 valence electrons. The van der Waals surface area contributed by atoms with Crippen molar-refractivity contribution in [3.63, 3.8) is 0 Å². The number of rotatable bonds is 5. The van der Waals surface area contributed by atoms with E-state index in [1.54, 1.807) is 20.2 Å². The van der Waals surface area contributed by atoms with E-state index in [2.05, 4.69) is 20.3 Å². The molecule has 0 bridgehead atoms. The summed E-state index contributed by atoms with van der Waals surface area (Å²) in [6, 6.07) is 2.01. The number of nitrogens with zero attached hydrogens (tertiary/aromatic N) is 5. The lowest BCUT2D eigenvalue weighted by Crippen LogP contribution is -2.22. The van der Waals surface area contributed by atoms with Gasteiger partial charge >= 0.3 is 0 Å². The van der Waals surface area contributed by atoms with Crippen molar-refractivity contribution in [3.05, 3.63) is 6.33 Å². The minimum absolute atomic E-state index is 0.166. The Morgan fingerprint density at radius 2 is 2.12 bits per heavy atom. The number of nitrogens with one attached hydrogen (secondary N) is 1. The lowest BCUT2D eigenvalue weighted by Gasteiger charge is -2.21. The molecule has 0 fully saturated rings. The van der Waals surface area contributed by atoms with Gasteiger partial charge in [-0.3, -0.25) is 10.1 Å². The topological polar surface area (TPSA) is 106 Å². The average Bonchev–Trinajstić information content (AvgIpc) is 2.91. The van der Waals surface area contributed by atoms with Gasteiger partial charge in [-0.1, -0.05) is 13.8 Å². The second-order valence-electron chi connectivity index (χ2n) is 6.71. The minimum atomic E-state index is -0.244. The van der Waals surface area contributed by atoms with Crippen LogP contribution in [0, 0.1) is 17.2 Å². The molecule has 2 rings (SSSR count). The second-order valence-corrected chi connectivity index (χ2v) is 6.71. The Labute approximate surface area is 140 Å². The lowest BCUT2D eigenvalue weighted by molar-refractivity contribution is -0.118. The van der Waals surface area contributed by atoms with Crippen LogP contribution in [0.4, 0.5) is 5.95 Å². The molecule has 2 heterocycles. The summed E-state index contributed by atoms with van der Waals surface area (Å²) in [7, 11) is 0. The van der Waals surface area contributed by atoms with E-state index in [4.69, 9.17) is 10.00 Å². The quantitative estimate of drug-likeness (QED) is 0.844. The molecule has 0 aliphatic rings. The first-order valence-corrected chi connectivity index (χ1v) is 7.80. The number of ether oxygens (including phenoxy) is 1. The third-order valence-electron chi connectivity index (χ3n) is 3.30. The molecule has 2 aromatic heterocycles. The highest BCUT2D eigenvalue weighted by Gasteiger charge is 2.22. The van der Waals surface area contributed by atoms with Gasteiger partial charge in [0.1, 0.15) is 6.61 Å². The Morgan fingerprint density at radius 1 is 1.42 bits per heavy atom. The van der Waals surface area contributed by atoms with Crippen molar-refractivity contribution in [3.8, 4) is 11.9 Å². The van der Waals surface area contributed by atoms with Gasteiger partial charge in [-0.15, -0.1) is 0 Å². The van der Waals surface area contributed by atoms with Crippen LogP contribution in [-0.2, 0) is 10.3 Å². The number of carbonyl (C=O) groups is 1. The minimum Gasteiger partial charge on any atom is -0.475 e. The summed E-state index contributed by atoms with van der Waals surface area (Å²) < 4.78 is 7.46. The summed E-state index contributed by atoms with van der Waals surface area (Å²) in [5.74, 6) is 0.0513. The van der Waals surface area contributed by atoms with Crippen molar-refractivity contribution in [2.75, 3.05) is 11.9 Å². The van der Waals surface area contributed by atoms with Crippen LogP contribution in [0.1, 0.15) is 41.0 Å². The lowest BCUT2D eigenvalue weighted by atomic mass is 10.1. The average molecular weight is 330 g/mol. The highest BCUT2D eigenvalue weighted by atomic mass is 16.5. The van der Waals surface area contributed by atoms with E-state index >= 15 is 0 Å². The molecule has 0 aromatic carbocycles. The molecule has 0 saturated heterocycles. The Balaban J connectivity index is 2.50. The van der Waals surface area contributed by atoms with Gasteiger partial charge in [-0.2, -0.15) is 15.2 Å². The first kappa shape index (κ1) is 17.7. The summed E-state index contributed by atoms with van der Waals surface area (Å²) in [4.78, 5) is 24.9. The van der Waals surface area contributed by atoms with E-state index in [0.29, 0.717) is 11.2 Å². The highest BCUT2D eigenvalue weighted by molar-refractivity contribution is 5.91. The Hall–Kier alpha value is -2.69. The second kappa shape index (κ2) is 6.83. The van der Waals surface area contributed by atoms with Crippen molar-refractivity contribution >= 4 is 23.0 Å². The number of carbonyl (C=O) groups excluding carboxylic acids is 1. The van der Waals surface area contributed by atoms with Crippen molar-refractivity contribution in [2.45, 2.75) is 46.6 Å². The predicted molar refractivity (Wildman–Crippen MR) is 89.5 cm³/mol. The van der Waals surface area contributed by atoms with Gasteiger partial charge in [0.2, 0.25) is 17.7 Å². The SMILES string of the molecule is CC(C)C(=O)Nc1nc(OCCC#N)c2ncn(C(C)(C)C)c2n1. The van der Waals surface area contributed by atoms with Crippen molar-refractivity contribution in [1.29, 1.82) is 5.26 Å². The number of fused-ring (bicyclic) bond motifs is 1. The molecule has 2 aromatic rings. The zero-order valence-corrected chi connectivity index (χ0v) is 14.6. The van der Waals surface area contributed by atoms with Crippen LogP contribution in [0.25, 0.3) is 11.2 Å². The van der Waals surface area contributed by atoms with E-state index in [9.17, 15) is 4.79 Å². The molecule has 0 aliphatic carbocycles. The number of anilines is 1. The summed E-state index contributed by atoms with van der Waals surface area (Å²) in [6.45, 7) is 9.86. The van der Waals surface area contributed by atoms with Crippen LogP contribution in [0.3, 0.4) is 0 Å². The van der Waals surface area contributed by atoms with E-state index in [1.165, 1.54) is 0 Å². The Bertz CT molecular complexity index is 782. The Kier molecular flexibility index (Phi) is 5.02. The smallest absolute Gasteiger partial charge is 0.247 e. The van der Waals surface area contributed by atoms with E-state index in [-0.39, 0.29) is 42.2 Å². The van der Waals surface area contributed by atoms with Crippen LogP contribution < -0.4 is 10.1 Å². The number of amides is 1. The van der Waals surface area contributed by atoms with Gasteiger partial charge in [0.15, 0.2) is 11.2 Å². The molecule has 0 unspecified atom stereocenters. The summed E-state index contributed by atoms with van der Waals surface area (Å²) in [5, 5.41) is 11.3. The zero-order chi connectivity index (χ0) is 17.9. The molecule has 0 saturated carbocycles. The van der Waals surface area contributed by atoms with Gasteiger partial charge in [-0.25, -0.2) is 4.98 Å². The van der Waals surface area contributed by atoms with Gasteiger partial charge in [0, 0.05) is 11.5 Å². The maximum atomic E-state index is 11.9. The van der Waals surface area contributed by atoms with Gasteiger partial charge < -0.3 is 9.30 Å². The van der Waals surface area contributed by atoms with Gasteiger partial charge in [-0.05, 0) is 20.8 Å². The number of nitriles is 1. The fraction of sp³-hybridized carbons (Fsp3) is 0.562. The molecular formula is C16H22N6O2. The third kappa shape index (κ3) is 3.79. The van der Waals surface area contributed by atoms with Crippen molar-refractivity contribution in [2.24, 2.45) is 5.92 Å². The third-order valence-corrected chi connectivity index (χ3v) is 3.30. The van der Waals surface area contributed by atoms with Gasteiger partial charge in [0.25, 0.3) is 0 Å². The number of aromatic nitrogens is 4. The molecule has 0 radical (unpaired) electrons. The fourth-order valence-corrected chi connectivity index (χ4v) is 1.97.